The van der Waals surface area contributed by atoms with Gasteiger partial charge in [0.25, 0.3) is 0 Å². The van der Waals surface area contributed by atoms with Crippen LogP contribution in [0.5, 0.6) is 0 Å². The van der Waals surface area contributed by atoms with Crippen LogP contribution < -0.4 is 5.32 Å². The summed E-state index contributed by atoms with van der Waals surface area (Å²) in [6, 6.07) is 0.748. The molecule has 0 aromatic heterocycles. The zero-order valence-electron chi connectivity index (χ0n) is 14.6. The van der Waals surface area contributed by atoms with Gasteiger partial charge in [-0.3, -0.25) is 0 Å². The molecule has 1 atom stereocenters. The Morgan fingerprint density at radius 2 is 1.67 bits per heavy atom. The molecule has 0 bridgehead atoms. The standard InChI is InChI=1S/C18H37N3/c1-16(2)14-19-9-6-17(3)21-12-7-18(8-13-21)15-20-10-4-5-11-20/h16-19H,4-15H2,1-3H3. The lowest BCUT2D eigenvalue weighted by atomic mass is 9.95. The van der Waals surface area contributed by atoms with Gasteiger partial charge in [0.15, 0.2) is 0 Å². The number of nitrogens with one attached hydrogen (secondary N) is 1. The van der Waals surface area contributed by atoms with E-state index < -0.39 is 0 Å². The van der Waals surface area contributed by atoms with E-state index in [4.69, 9.17) is 0 Å². The Labute approximate surface area is 132 Å². The summed E-state index contributed by atoms with van der Waals surface area (Å²) in [5.74, 6) is 1.73. The summed E-state index contributed by atoms with van der Waals surface area (Å²) >= 11 is 0. The van der Waals surface area contributed by atoms with E-state index in [-0.39, 0.29) is 0 Å². The van der Waals surface area contributed by atoms with Crippen LogP contribution in [-0.2, 0) is 0 Å². The molecule has 2 fully saturated rings. The van der Waals surface area contributed by atoms with Crippen molar-refractivity contribution in [2.45, 2.75) is 58.9 Å². The number of hydrogen-bond donors (Lipinski definition) is 1. The summed E-state index contributed by atoms with van der Waals surface area (Å²) in [5, 5.41) is 3.58. The molecule has 2 aliphatic rings. The molecule has 0 saturated carbocycles. The van der Waals surface area contributed by atoms with Gasteiger partial charge in [-0.25, -0.2) is 0 Å². The summed E-state index contributed by atoms with van der Waals surface area (Å²) in [6.45, 7) is 16.0. The van der Waals surface area contributed by atoms with Crippen LogP contribution in [0.3, 0.4) is 0 Å². The highest BCUT2D eigenvalue weighted by Gasteiger charge is 2.24. The van der Waals surface area contributed by atoms with E-state index >= 15 is 0 Å². The third kappa shape index (κ3) is 6.25. The Morgan fingerprint density at radius 3 is 2.29 bits per heavy atom. The van der Waals surface area contributed by atoms with Gasteiger partial charge in [-0.15, -0.1) is 0 Å². The van der Waals surface area contributed by atoms with Crippen molar-refractivity contribution in [3.63, 3.8) is 0 Å². The summed E-state index contributed by atoms with van der Waals surface area (Å²) in [4.78, 5) is 5.41. The molecule has 3 nitrogen and oxygen atoms in total. The lowest BCUT2D eigenvalue weighted by Crippen LogP contribution is -2.43. The van der Waals surface area contributed by atoms with Crippen molar-refractivity contribution in [2.24, 2.45) is 11.8 Å². The van der Waals surface area contributed by atoms with E-state index in [0.717, 1.165) is 24.4 Å². The summed E-state index contributed by atoms with van der Waals surface area (Å²) < 4.78 is 0. The zero-order valence-corrected chi connectivity index (χ0v) is 14.6. The molecule has 1 unspecified atom stereocenters. The van der Waals surface area contributed by atoms with Crippen LogP contribution in [0.15, 0.2) is 0 Å². The van der Waals surface area contributed by atoms with Crippen LogP contribution in [-0.4, -0.2) is 61.7 Å². The fraction of sp³-hybridized carbons (Fsp3) is 1.00. The first-order valence-corrected chi connectivity index (χ1v) is 9.32. The summed E-state index contributed by atoms with van der Waals surface area (Å²) in [5.41, 5.74) is 0. The number of piperidine rings is 1. The third-order valence-electron chi connectivity index (χ3n) is 5.28. The highest BCUT2D eigenvalue weighted by Crippen LogP contribution is 2.22. The summed E-state index contributed by atoms with van der Waals surface area (Å²) in [7, 11) is 0. The normalized spacial score (nSPS) is 24.0. The van der Waals surface area contributed by atoms with Crippen LogP contribution in [0.25, 0.3) is 0 Å². The van der Waals surface area contributed by atoms with Crippen molar-refractivity contribution in [3.8, 4) is 0 Å². The topological polar surface area (TPSA) is 18.5 Å². The Hall–Kier alpha value is -0.120. The van der Waals surface area contributed by atoms with Crippen LogP contribution >= 0.6 is 0 Å². The second-order valence-corrected chi connectivity index (χ2v) is 7.72. The van der Waals surface area contributed by atoms with E-state index in [2.05, 4.69) is 35.9 Å². The van der Waals surface area contributed by atoms with E-state index in [1.165, 1.54) is 71.4 Å². The van der Waals surface area contributed by atoms with Crippen LogP contribution in [0.4, 0.5) is 0 Å². The maximum absolute atomic E-state index is 3.58. The first-order chi connectivity index (χ1) is 10.1. The molecule has 21 heavy (non-hydrogen) atoms. The largest absolute Gasteiger partial charge is 0.316 e. The molecule has 2 rings (SSSR count). The van der Waals surface area contributed by atoms with E-state index in [1.54, 1.807) is 0 Å². The lowest BCUT2D eigenvalue weighted by molar-refractivity contribution is 0.117. The molecule has 2 aliphatic heterocycles. The van der Waals surface area contributed by atoms with Crippen molar-refractivity contribution in [1.82, 2.24) is 15.1 Å². The van der Waals surface area contributed by atoms with Crippen molar-refractivity contribution in [3.05, 3.63) is 0 Å². The molecule has 124 valence electrons. The first kappa shape index (κ1) is 17.2. The third-order valence-corrected chi connectivity index (χ3v) is 5.28. The van der Waals surface area contributed by atoms with Gasteiger partial charge in [0.1, 0.15) is 0 Å². The molecule has 1 N–H and O–H groups in total. The molecule has 0 aliphatic carbocycles. The average molecular weight is 296 g/mol. The molecule has 0 radical (unpaired) electrons. The first-order valence-electron chi connectivity index (χ1n) is 9.32. The van der Waals surface area contributed by atoms with E-state index in [1.807, 2.05) is 0 Å². The highest BCUT2D eigenvalue weighted by atomic mass is 15.2. The molecule has 0 aromatic rings. The van der Waals surface area contributed by atoms with Gasteiger partial charge in [-0.05, 0) is 90.1 Å². The van der Waals surface area contributed by atoms with Crippen molar-refractivity contribution in [1.29, 1.82) is 0 Å². The predicted molar refractivity (Wildman–Crippen MR) is 91.8 cm³/mol. The van der Waals surface area contributed by atoms with Gasteiger partial charge in [-0.2, -0.15) is 0 Å². The van der Waals surface area contributed by atoms with Crippen molar-refractivity contribution >= 4 is 0 Å². The molecular formula is C18H37N3. The smallest absolute Gasteiger partial charge is 0.00790 e. The molecular weight excluding hydrogens is 258 g/mol. The zero-order chi connectivity index (χ0) is 15.1. The van der Waals surface area contributed by atoms with Gasteiger partial charge in [0.2, 0.25) is 0 Å². The van der Waals surface area contributed by atoms with Gasteiger partial charge in [0.05, 0.1) is 0 Å². The maximum Gasteiger partial charge on any atom is 0.00790 e. The highest BCUT2D eigenvalue weighted by molar-refractivity contribution is 4.79. The lowest BCUT2D eigenvalue weighted by Gasteiger charge is -2.37. The number of hydrogen-bond acceptors (Lipinski definition) is 3. The van der Waals surface area contributed by atoms with Crippen LogP contribution in [0, 0.1) is 11.8 Å². The minimum absolute atomic E-state index is 0.748. The minimum atomic E-state index is 0.748. The Kier molecular flexibility index (Phi) is 7.48. The Morgan fingerprint density at radius 1 is 1.00 bits per heavy atom. The van der Waals surface area contributed by atoms with Gasteiger partial charge >= 0.3 is 0 Å². The molecule has 0 aromatic carbocycles. The van der Waals surface area contributed by atoms with E-state index in [0.29, 0.717) is 0 Å². The number of rotatable bonds is 8. The molecule has 0 spiro atoms. The SMILES string of the molecule is CC(C)CNCCC(C)N1CCC(CN2CCCC2)CC1. The van der Waals surface area contributed by atoms with Crippen LogP contribution in [0.1, 0.15) is 52.9 Å². The van der Waals surface area contributed by atoms with Gasteiger partial charge < -0.3 is 15.1 Å². The minimum Gasteiger partial charge on any atom is -0.316 e. The van der Waals surface area contributed by atoms with Crippen molar-refractivity contribution < 1.29 is 0 Å². The Balaban J connectivity index is 1.56. The van der Waals surface area contributed by atoms with Crippen LogP contribution in [0.2, 0.25) is 0 Å². The van der Waals surface area contributed by atoms with Gasteiger partial charge in [0, 0.05) is 12.6 Å². The number of likely N-dealkylation sites (tertiary alicyclic amines) is 2. The Bertz CT molecular complexity index is 266. The second kappa shape index (κ2) is 9.12. The molecule has 0 amide bonds. The fourth-order valence-corrected chi connectivity index (χ4v) is 3.79. The molecule has 2 saturated heterocycles. The second-order valence-electron chi connectivity index (χ2n) is 7.72. The predicted octanol–water partition coefficient (Wildman–Crippen LogP) is 2.82. The van der Waals surface area contributed by atoms with Gasteiger partial charge in [-0.1, -0.05) is 13.8 Å². The maximum atomic E-state index is 3.58. The van der Waals surface area contributed by atoms with E-state index in [9.17, 15) is 0 Å². The van der Waals surface area contributed by atoms with Crippen molar-refractivity contribution in [2.75, 3.05) is 45.8 Å². The summed E-state index contributed by atoms with van der Waals surface area (Å²) in [6.07, 6.45) is 6.99. The fourth-order valence-electron chi connectivity index (χ4n) is 3.79. The number of nitrogens with zero attached hydrogens (tertiary/aromatic N) is 2. The molecule has 3 heteroatoms. The molecule has 2 heterocycles. The average Bonchev–Trinajstić information content (AvgIpc) is 2.97. The quantitative estimate of drug-likeness (QED) is 0.695. The monoisotopic (exact) mass is 295 g/mol.